The molecule has 19 heavy (non-hydrogen) atoms. The lowest BCUT2D eigenvalue weighted by Crippen LogP contribution is -2.20. The number of anilines is 1. The number of carboxylic acid groups (broad SMARTS) is 1. The summed E-state index contributed by atoms with van der Waals surface area (Å²) in [5.41, 5.74) is 2.65. The molecule has 0 fully saturated rings. The highest BCUT2D eigenvalue weighted by Gasteiger charge is 2.20. The number of phenols is 1. The maximum atomic E-state index is 10.7. The summed E-state index contributed by atoms with van der Waals surface area (Å²) in [6.07, 6.45) is -0.0749. The first-order valence-corrected chi connectivity index (χ1v) is 6.45. The van der Waals surface area contributed by atoms with E-state index >= 15 is 0 Å². The third-order valence-electron chi connectivity index (χ3n) is 3.20. The summed E-state index contributed by atoms with van der Waals surface area (Å²) in [6.45, 7) is 6.74. The number of hydrogen-bond donors (Lipinski definition) is 2. The van der Waals surface area contributed by atoms with Crippen molar-refractivity contribution in [2.75, 3.05) is 18.5 Å². The Morgan fingerprint density at radius 3 is 2.37 bits per heavy atom. The Morgan fingerprint density at radius 1 is 1.32 bits per heavy atom. The van der Waals surface area contributed by atoms with Gasteiger partial charge in [0.25, 0.3) is 0 Å². The number of benzene rings is 1. The van der Waals surface area contributed by atoms with Gasteiger partial charge in [-0.2, -0.15) is 0 Å². The predicted octanol–water partition coefficient (Wildman–Crippen LogP) is 3.03. The molecule has 0 amide bonds. The van der Waals surface area contributed by atoms with Crippen LogP contribution in [0.3, 0.4) is 0 Å². The average molecular weight is 267 g/mol. The van der Waals surface area contributed by atoms with Crippen LogP contribution in [0.5, 0.6) is 11.5 Å². The smallest absolute Gasteiger partial charge is 0.504 e. The maximum absolute atomic E-state index is 10.7. The topological polar surface area (TPSA) is 70.0 Å². The summed E-state index contributed by atoms with van der Waals surface area (Å²) in [7, 11) is 1.95. The number of aromatic hydroxyl groups is 1. The van der Waals surface area contributed by atoms with Gasteiger partial charge in [0.15, 0.2) is 11.5 Å². The van der Waals surface area contributed by atoms with Crippen molar-refractivity contribution in [3.63, 3.8) is 0 Å². The van der Waals surface area contributed by atoms with Gasteiger partial charge < -0.3 is 19.8 Å². The lowest BCUT2D eigenvalue weighted by Gasteiger charge is -2.25. The molecule has 5 heteroatoms. The normalized spacial score (nSPS) is 10.3. The van der Waals surface area contributed by atoms with Crippen LogP contribution in [0.4, 0.5) is 10.5 Å². The van der Waals surface area contributed by atoms with Crippen molar-refractivity contribution >= 4 is 11.8 Å². The molecule has 0 atom stereocenters. The molecule has 0 saturated carbocycles. The van der Waals surface area contributed by atoms with Crippen LogP contribution < -0.4 is 9.64 Å². The van der Waals surface area contributed by atoms with Crippen LogP contribution in [0.25, 0.3) is 0 Å². The van der Waals surface area contributed by atoms with Gasteiger partial charge in [-0.15, -0.1) is 0 Å². The van der Waals surface area contributed by atoms with Crippen LogP contribution in [0, 0.1) is 0 Å². The zero-order valence-electron chi connectivity index (χ0n) is 11.9. The minimum Gasteiger partial charge on any atom is -0.504 e. The molecule has 0 bridgehead atoms. The third-order valence-corrected chi connectivity index (χ3v) is 3.20. The van der Waals surface area contributed by atoms with E-state index in [-0.39, 0.29) is 11.5 Å². The number of nitrogens with zero attached hydrogens (tertiary/aromatic N) is 1. The summed E-state index contributed by atoms with van der Waals surface area (Å²) in [5, 5.41) is 18.9. The van der Waals surface area contributed by atoms with Crippen molar-refractivity contribution in [1.29, 1.82) is 0 Å². The minimum atomic E-state index is -1.42. The Bertz CT molecular complexity index is 471. The van der Waals surface area contributed by atoms with E-state index in [0.717, 1.165) is 29.8 Å². The summed E-state index contributed by atoms with van der Waals surface area (Å²) in [6, 6.07) is 1.60. The summed E-state index contributed by atoms with van der Waals surface area (Å²) in [5.74, 6) is -0.0770. The standard InChI is InChI=1S/C14H21NO4/c1-5-9-8-11(19-14(17)18)13(16)10(6-2)12(9)15(4)7-3/h8,16H,5-7H2,1-4H3,(H,17,18). The number of phenolic OH excluding ortho intramolecular Hbond substituents is 1. The van der Waals surface area contributed by atoms with Gasteiger partial charge in [-0.05, 0) is 31.4 Å². The summed E-state index contributed by atoms with van der Waals surface area (Å²) in [4.78, 5) is 12.7. The van der Waals surface area contributed by atoms with E-state index in [1.165, 1.54) is 0 Å². The molecule has 0 radical (unpaired) electrons. The lowest BCUT2D eigenvalue weighted by atomic mass is 10.00. The van der Waals surface area contributed by atoms with Crippen LogP contribution in [0.15, 0.2) is 6.07 Å². The molecule has 1 rings (SSSR count). The van der Waals surface area contributed by atoms with Crippen molar-refractivity contribution in [1.82, 2.24) is 0 Å². The van der Waals surface area contributed by atoms with Gasteiger partial charge in [0.05, 0.1) is 0 Å². The Balaban J connectivity index is 3.47. The van der Waals surface area contributed by atoms with E-state index in [0.29, 0.717) is 6.42 Å². The van der Waals surface area contributed by atoms with E-state index in [4.69, 9.17) is 5.11 Å². The molecule has 2 N–H and O–H groups in total. The average Bonchev–Trinajstić information content (AvgIpc) is 2.38. The van der Waals surface area contributed by atoms with Crippen LogP contribution in [-0.2, 0) is 12.8 Å². The number of rotatable bonds is 5. The third kappa shape index (κ3) is 3.10. The van der Waals surface area contributed by atoms with Gasteiger partial charge in [-0.25, -0.2) is 4.79 Å². The summed E-state index contributed by atoms with van der Waals surface area (Å²) < 4.78 is 4.65. The Hall–Kier alpha value is -1.91. The van der Waals surface area contributed by atoms with Crippen molar-refractivity contribution in [2.24, 2.45) is 0 Å². The monoisotopic (exact) mass is 267 g/mol. The zero-order valence-corrected chi connectivity index (χ0v) is 11.9. The van der Waals surface area contributed by atoms with Crippen LogP contribution in [0.1, 0.15) is 31.9 Å². The first-order chi connectivity index (χ1) is 8.96. The molecule has 0 unspecified atom stereocenters. The van der Waals surface area contributed by atoms with Gasteiger partial charge in [0.2, 0.25) is 0 Å². The fourth-order valence-electron chi connectivity index (χ4n) is 2.16. The molecule has 0 aliphatic heterocycles. The number of aryl methyl sites for hydroxylation is 1. The van der Waals surface area contributed by atoms with Crippen molar-refractivity contribution < 1.29 is 19.7 Å². The van der Waals surface area contributed by atoms with E-state index in [9.17, 15) is 9.90 Å². The van der Waals surface area contributed by atoms with Gasteiger partial charge >= 0.3 is 6.16 Å². The molecule has 5 nitrogen and oxygen atoms in total. The summed E-state index contributed by atoms with van der Waals surface area (Å²) >= 11 is 0. The first kappa shape index (κ1) is 15.1. The number of ether oxygens (including phenoxy) is 1. The second kappa shape index (κ2) is 6.31. The second-order valence-corrected chi connectivity index (χ2v) is 4.30. The highest BCUT2D eigenvalue weighted by molar-refractivity contribution is 5.71. The van der Waals surface area contributed by atoms with Crippen LogP contribution >= 0.6 is 0 Å². The second-order valence-electron chi connectivity index (χ2n) is 4.30. The molecule has 1 aromatic carbocycles. The maximum Gasteiger partial charge on any atom is 0.511 e. The Morgan fingerprint density at radius 2 is 1.95 bits per heavy atom. The Labute approximate surface area is 113 Å². The molecular formula is C14H21NO4. The molecule has 0 aliphatic rings. The first-order valence-electron chi connectivity index (χ1n) is 6.45. The molecule has 0 saturated heterocycles. The van der Waals surface area contributed by atoms with Gasteiger partial charge in [-0.1, -0.05) is 13.8 Å². The fraction of sp³-hybridized carbons (Fsp3) is 0.500. The molecule has 0 aromatic heterocycles. The van der Waals surface area contributed by atoms with E-state index in [2.05, 4.69) is 4.74 Å². The lowest BCUT2D eigenvalue weighted by molar-refractivity contribution is 0.143. The van der Waals surface area contributed by atoms with Crippen LogP contribution in [-0.4, -0.2) is 30.0 Å². The molecule has 0 spiro atoms. The Kier molecular flexibility index (Phi) is 5.03. The largest absolute Gasteiger partial charge is 0.511 e. The van der Waals surface area contributed by atoms with Crippen molar-refractivity contribution in [3.05, 3.63) is 17.2 Å². The SMILES string of the molecule is CCc1cc(OC(=O)O)c(O)c(CC)c1N(C)CC. The molecule has 106 valence electrons. The molecule has 0 heterocycles. The van der Waals surface area contributed by atoms with Crippen molar-refractivity contribution in [3.8, 4) is 11.5 Å². The van der Waals surface area contributed by atoms with E-state index in [1.54, 1.807) is 6.07 Å². The molecular weight excluding hydrogens is 246 g/mol. The van der Waals surface area contributed by atoms with Crippen molar-refractivity contribution in [2.45, 2.75) is 33.6 Å². The molecule has 1 aromatic rings. The van der Waals surface area contributed by atoms with E-state index in [1.807, 2.05) is 32.7 Å². The molecule has 0 aliphatic carbocycles. The number of carbonyl (C=O) groups is 1. The quantitative estimate of drug-likeness (QED) is 0.634. The van der Waals surface area contributed by atoms with E-state index < -0.39 is 6.16 Å². The highest BCUT2D eigenvalue weighted by atomic mass is 16.7. The van der Waals surface area contributed by atoms with Gasteiger partial charge in [0, 0.05) is 24.8 Å². The van der Waals surface area contributed by atoms with Gasteiger partial charge in [0.1, 0.15) is 0 Å². The van der Waals surface area contributed by atoms with Gasteiger partial charge in [-0.3, -0.25) is 0 Å². The fourth-order valence-corrected chi connectivity index (χ4v) is 2.16. The zero-order chi connectivity index (χ0) is 14.6. The highest BCUT2D eigenvalue weighted by Crippen LogP contribution is 2.40. The number of hydrogen-bond acceptors (Lipinski definition) is 4. The van der Waals surface area contributed by atoms with Crippen LogP contribution in [0.2, 0.25) is 0 Å². The predicted molar refractivity (Wildman–Crippen MR) is 74.5 cm³/mol. The minimum absolute atomic E-state index is 0.00875.